The summed E-state index contributed by atoms with van der Waals surface area (Å²) < 4.78 is 136. The topological polar surface area (TPSA) is 81.7 Å². The van der Waals surface area contributed by atoms with Crippen molar-refractivity contribution in [2.75, 3.05) is 6.61 Å². The van der Waals surface area contributed by atoms with Gasteiger partial charge in [-0.05, 0) is 54.3 Å². The zero-order chi connectivity index (χ0) is 34.9. The number of benzene rings is 3. The van der Waals surface area contributed by atoms with E-state index >= 15 is 0 Å². The number of sulfone groups is 1. The lowest BCUT2D eigenvalue weighted by atomic mass is 9.74. The van der Waals surface area contributed by atoms with Crippen LogP contribution in [0, 0.1) is 5.82 Å². The van der Waals surface area contributed by atoms with Gasteiger partial charge in [0.1, 0.15) is 10.6 Å². The second kappa shape index (κ2) is 13.2. The Morgan fingerprint density at radius 3 is 1.94 bits per heavy atom. The number of nitrogens with one attached hydrogen (secondary N) is 1. The fourth-order valence-corrected chi connectivity index (χ4v) is 8.40. The van der Waals surface area contributed by atoms with Crippen LogP contribution >= 0.6 is 0 Å². The number of rotatable bonds is 11. The minimum absolute atomic E-state index is 0.0679. The van der Waals surface area contributed by atoms with Gasteiger partial charge in [0.05, 0.1) is 18.1 Å². The summed E-state index contributed by atoms with van der Waals surface area (Å²) in [6.07, 6.45) is -13.2. The van der Waals surface area contributed by atoms with E-state index in [0.29, 0.717) is 18.2 Å². The SMILES string of the molecule is C[Si](C)(C)CCOC(=O)NC1CC(c2ccc(C(OCc3ccccc3)(C(F)(F)F)C(F)(F)F)cc2)(S(=O)(=O)c2ccc(F)cc2)C1. The molecule has 0 heterocycles. The smallest absolute Gasteiger partial charge is 0.430 e. The molecule has 4 rings (SSSR count). The largest absolute Gasteiger partial charge is 0.450 e. The molecule has 3 aromatic carbocycles. The molecule has 15 heteroatoms. The van der Waals surface area contributed by atoms with Crippen molar-refractivity contribution in [2.24, 2.45) is 0 Å². The van der Waals surface area contributed by atoms with E-state index in [1.54, 1.807) is 0 Å². The Bertz CT molecular complexity index is 1620. The molecular formula is C32H34F7NO5SSi. The molecule has 47 heavy (non-hydrogen) atoms. The predicted octanol–water partition coefficient (Wildman–Crippen LogP) is 8.26. The first kappa shape index (κ1) is 36.4. The third kappa shape index (κ3) is 7.51. The van der Waals surface area contributed by atoms with Crippen molar-refractivity contribution in [2.45, 2.75) is 78.8 Å². The first-order valence-corrected chi connectivity index (χ1v) is 19.8. The lowest BCUT2D eigenvalue weighted by Gasteiger charge is -2.47. The number of alkyl carbamates (subject to hydrolysis) is 1. The zero-order valence-corrected chi connectivity index (χ0v) is 27.5. The summed E-state index contributed by atoms with van der Waals surface area (Å²) >= 11 is 0. The molecule has 0 bridgehead atoms. The van der Waals surface area contributed by atoms with Crippen molar-refractivity contribution in [3.8, 4) is 0 Å². The number of halogens is 7. The number of carbonyl (C=O) groups is 1. The van der Waals surface area contributed by atoms with Gasteiger partial charge in [-0.3, -0.25) is 0 Å². The number of carbonyl (C=O) groups excluding carboxylic acids is 1. The molecule has 1 fully saturated rings. The Labute approximate surface area is 269 Å². The minimum Gasteiger partial charge on any atom is -0.450 e. The summed E-state index contributed by atoms with van der Waals surface area (Å²) in [7, 11) is -5.94. The Kier molecular flexibility index (Phi) is 10.2. The highest BCUT2D eigenvalue weighted by Crippen LogP contribution is 2.55. The van der Waals surface area contributed by atoms with Crippen molar-refractivity contribution < 1.29 is 53.4 Å². The molecule has 6 nitrogen and oxygen atoms in total. The molecule has 1 amide bonds. The molecule has 0 aromatic heterocycles. The van der Waals surface area contributed by atoms with Crippen molar-refractivity contribution in [1.82, 2.24) is 5.32 Å². The monoisotopic (exact) mass is 705 g/mol. The van der Waals surface area contributed by atoms with Gasteiger partial charge >= 0.3 is 18.4 Å². The van der Waals surface area contributed by atoms with Gasteiger partial charge in [0.15, 0.2) is 9.84 Å². The summed E-state index contributed by atoms with van der Waals surface area (Å²) in [6.45, 7) is 5.39. The van der Waals surface area contributed by atoms with Crippen LogP contribution in [-0.4, -0.2) is 47.6 Å². The number of alkyl halides is 6. The summed E-state index contributed by atoms with van der Waals surface area (Å²) in [6, 6.07) is 13.7. The summed E-state index contributed by atoms with van der Waals surface area (Å²) in [5.74, 6) is -0.720. The highest BCUT2D eigenvalue weighted by atomic mass is 32.2. The van der Waals surface area contributed by atoms with E-state index in [9.17, 15) is 43.9 Å². The molecule has 1 aliphatic carbocycles. The average Bonchev–Trinajstić information content (AvgIpc) is 2.94. The predicted molar refractivity (Wildman–Crippen MR) is 162 cm³/mol. The van der Waals surface area contributed by atoms with Crippen molar-refractivity contribution in [3.63, 3.8) is 0 Å². The Hall–Kier alpha value is -3.43. The van der Waals surface area contributed by atoms with Crippen molar-refractivity contribution >= 4 is 24.0 Å². The van der Waals surface area contributed by atoms with Gasteiger partial charge in [-0.25, -0.2) is 17.6 Å². The number of hydrogen-bond acceptors (Lipinski definition) is 5. The van der Waals surface area contributed by atoms with Crippen LogP contribution in [-0.2, 0) is 36.3 Å². The minimum atomic E-state index is -5.96. The standard InChI is InChI=1S/C32H34F7NO5SSi/c1-47(2,3)18-17-44-28(41)40-26-19-29(20-26,46(42,43)27-15-13-25(33)14-16-27)23-9-11-24(12-10-23)30(31(34,35)36,32(37,38)39)45-21-22-7-5-4-6-8-22/h4-16,26H,17-21H2,1-3H3,(H,40,41). The highest BCUT2D eigenvalue weighted by Gasteiger charge is 2.73. The first-order valence-electron chi connectivity index (χ1n) is 14.6. The number of hydrogen-bond donors (Lipinski definition) is 1. The van der Waals surface area contributed by atoms with Crippen LogP contribution in [0.4, 0.5) is 35.5 Å². The van der Waals surface area contributed by atoms with Crippen LogP contribution in [0.15, 0.2) is 83.8 Å². The van der Waals surface area contributed by atoms with E-state index in [1.807, 2.05) is 0 Å². The van der Waals surface area contributed by atoms with Crippen molar-refractivity contribution in [1.29, 1.82) is 0 Å². The van der Waals surface area contributed by atoms with Gasteiger partial charge in [0.2, 0.25) is 0 Å². The van der Waals surface area contributed by atoms with Gasteiger partial charge in [-0.15, -0.1) is 0 Å². The molecule has 256 valence electrons. The lowest BCUT2D eigenvalue weighted by molar-refractivity contribution is -0.392. The van der Waals surface area contributed by atoms with Gasteiger partial charge in [-0.1, -0.05) is 74.2 Å². The number of amides is 1. The normalized spacial score (nSPS) is 19.1. The first-order chi connectivity index (χ1) is 21.7. The zero-order valence-electron chi connectivity index (χ0n) is 25.7. The summed E-state index contributed by atoms with van der Waals surface area (Å²) in [4.78, 5) is 12.1. The summed E-state index contributed by atoms with van der Waals surface area (Å²) in [5, 5.41) is 2.58. The Morgan fingerprint density at radius 2 is 1.43 bits per heavy atom. The molecule has 1 aliphatic rings. The second-order valence-electron chi connectivity index (χ2n) is 12.7. The average molecular weight is 706 g/mol. The molecule has 1 N–H and O–H groups in total. The number of ether oxygens (including phenoxy) is 2. The molecule has 0 aliphatic heterocycles. The van der Waals surface area contributed by atoms with E-state index < -0.39 is 70.7 Å². The molecule has 0 spiro atoms. The van der Waals surface area contributed by atoms with Crippen LogP contribution in [0.1, 0.15) is 29.5 Å². The second-order valence-corrected chi connectivity index (χ2v) is 20.6. The van der Waals surface area contributed by atoms with E-state index in [1.165, 1.54) is 30.3 Å². The Morgan fingerprint density at radius 1 is 0.872 bits per heavy atom. The van der Waals surface area contributed by atoms with Gasteiger partial charge in [0, 0.05) is 19.7 Å². The maximum absolute atomic E-state index is 14.4. The molecule has 0 unspecified atom stereocenters. The van der Waals surface area contributed by atoms with E-state index in [-0.39, 0.29) is 35.5 Å². The van der Waals surface area contributed by atoms with Gasteiger partial charge in [0.25, 0.3) is 5.60 Å². The van der Waals surface area contributed by atoms with E-state index in [2.05, 4.69) is 25.0 Å². The highest BCUT2D eigenvalue weighted by molar-refractivity contribution is 7.92. The molecule has 1 saturated carbocycles. The third-order valence-corrected chi connectivity index (χ3v) is 12.3. The molecule has 3 aromatic rings. The maximum Gasteiger partial charge on any atom is 0.430 e. The molecule has 0 saturated heterocycles. The van der Waals surface area contributed by atoms with Gasteiger partial charge in [-0.2, -0.15) is 26.3 Å². The van der Waals surface area contributed by atoms with E-state index in [4.69, 9.17) is 9.47 Å². The quantitative estimate of drug-likeness (QED) is 0.124. The fraction of sp³-hybridized carbons (Fsp3) is 0.406. The van der Waals surface area contributed by atoms with Crippen molar-refractivity contribution in [3.05, 3.63) is 101 Å². The molecular weight excluding hydrogens is 671 g/mol. The third-order valence-electron chi connectivity index (χ3n) is 8.11. The van der Waals surface area contributed by atoms with E-state index in [0.717, 1.165) is 36.4 Å². The van der Waals surface area contributed by atoms with Gasteiger partial charge < -0.3 is 14.8 Å². The lowest BCUT2D eigenvalue weighted by Crippen LogP contribution is -2.57. The maximum atomic E-state index is 14.4. The van der Waals surface area contributed by atoms with Crippen LogP contribution in [0.2, 0.25) is 25.7 Å². The van der Waals surface area contributed by atoms with Crippen LogP contribution in [0.3, 0.4) is 0 Å². The van der Waals surface area contributed by atoms with Crippen LogP contribution < -0.4 is 5.32 Å². The fourth-order valence-electron chi connectivity index (χ4n) is 5.46. The van der Waals surface area contributed by atoms with Crippen LogP contribution in [0.25, 0.3) is 0 Å². The van der Waals surface area contributed by atoms with Crippen LogP contribution in [0.5, 0.6) is 0 Å². The summed E-state index contributed by atoms with van der Waals surface area (Å²) in [5.41, 5.74) is -6.08. The molecule has 0 radical (unpaired) electrons. The Balaban J connectivity index is 1.70. The molecule has 0 atom stereocenters.